The van der Waals surface area contributed by atoms with Crippen LogP contribution in [0.4, 0.5) is 0 Å². The second-order valence-electron chi connectivity index (χ2n) is 21.3. The van der Waals surface area contributed by atoms with Crippen molar-refractivity contribution in [3.63, 3.8) is 0 Å². The first-order chi connectivity index (χ1) is 37.5. The molecule has 0 fully saturated rings. The summed E-state index contributed by atoms with van der Waals surface area (Å²) in [5.74, 6) is -0.879. The fourth-order valence-corrected chi connectivity index (χ4v) is 9.07. The van der Waals surface area contributed by atoms with Crippen molar-refractivity contribution in [2.45, 2.75) is 316 Å². The maximum absolute atomic E-state index is 12.9. The van der Waals surface area contributed by atoms with Crippen molar-refractivity contribution in [3.05, 3.63) is 97.2 Å². The highest BCUT2D eigenvalue weighted by Gasteiger charge is 2.19. The molecule has 0 N–H and O–H groups in total. The van der Waals surface area contributed by atoms with Crippen molar-refractivity contribution in [1.29, 1.82) is 0 Å². The van der Waals surface area contributed by atoms with Gasteiger partial charge in [0.25, 0.3) is 0 Å². The lowest BCUT2D eigenvalue weighted by Crippen LogP contribution is -2.30. The van der Waals surface area contributed by atoms with Gasteiger partial charge in [0.15, 0.2) is 6.10 Å². The van der Waals surface area contributed by atoms with Gasteiger partial charge < -0.3 is 14.2 Å². The zero-order chi connectivity index (χ0) is 55.0. The van der Waals surface area contributed by atoms with Crippen LogP contribution in [-0.2, 0) is 28.6 Å². The second-order valence-corrected chi connectivity index (χ2v) is 21.3. The summed E-state index contributed by atoms with van der Waals surface area (Å²) < 4.78 is 16.9. The highest BCUT2D eigenvalue weighted by atomic mass is 16.6. The predicted molar refractivity (Wildman–Crippen MR) is 330 cm³/mol. The normalized spacial score (nSPS) is 12.7. The van der Waals surface area contributed by atoms with Gasteiger partial charge in [0, 0.05) is 19.3 Å². The van der Waals surface area contributed by atoms with Crippen LogP contribution in [0.1, 0.15) is 310 Å². The first kappa shape index (κ1) is 72.3. The highest BCUT2D eigenvalue weighted by Crippen LogP contribution is 2.17. The van der Waals surface area contributed by atoms with Crippen LogP contribution in [0.5, 0.6) is 0 Å². The Hall–Kier alpha value is -3.67. The maximum atomic E-state index is 12.9. The van der Waals surface area contributed by atoms with Crippen LogP contribution in [0.25, 0.3) is 0 Å². The number of rotatable bonds is 58. The molecule has 6 heteroatoms. The zero-order valence-electron chi connectivity index (χ0n) is 50.0. The SMILES string of the molecule is CC/C=C\C/C=C\C/C=C\C/C=C\CCCCCCCCCCCCC(=O)OCC(COC(=O)CCCCCCCCCCCCCCCC)OC(=O)CCCCCCCCCC/C=C\C/C=C\C/C=C\C/C=C\CC. The topological polar surface area (TPSA) is 78.9 Å². The summed E-state index contributed by atoms with van der Waals surface area (Å²) in [5, 5.41) is 0. The molecule has 0 aromatic carbocycles. The van der Waals surface area contributed by atoms with Gasteiger partial charge >= 0.3 is 17.9 Å². The molecular weight excluding hydrogens is 937 g/mol. The van der Waals surface area contributed by atoms with Gasteiger partial charge in [-0.3, -0.25) is 14.4 Å². The lowest BCUT2D eigenvalue weighted by Gasteiger charge is -2.18. The Morgan fingerprint density at radius 2 is 0.513 bits per heavy atom. The Bertz CT molecular complexity index is 1490. The van der Waals surface area contributed by atoms with Crippen LogP contribution < -0.4 is 0 Å². The van der Waals surface area contributed by atoms with Crippen molar-refractivity contribution in [2.24, 2.45) is 0 Å². The van der Waals surface area contributed by atoms with E-state index in [0.717, 1.165) is 116 Å². The summed E-state index contributed by atoms with van der Waals surface area (Å²) >= 11 is 0. The van der Waals surface area contributed by atoms with E-state index in [1.807, 2.05) is 0 Å². The van der Waals surface area contributed by atoms with Gasteiger partial charge in [0.2, 0.25) is 0 Å². The molecule has 0 spiro atoms. The van der Waals surface area contributed by atoms with E-state index in [-0.39, 0.29) is 31.1 Å². The quantitative estimate of drug-likeness (QED) is 0.0261. The summed E-state index contributed by atoms with van der Waals surface area (Å²) in [4.78, 5) is 38.4. The van der Waals surface area contributed by atoms with Crippen molar-refractivity contribution >= 4 is 17.9 Å². The van der Waals surface area contributed by atoms with Crippen molar-refractivity contribution in [3.8, 4) is 0 Å². The minimum Gasteiger partial charge on any atom is -0.462 e. The number of allylic oxidation sites excluding steroid dienone is 16. The first-order valence-corrected chi connectivity index (χ1v) is 32.2. The van der Waals surface area contributed by atoms with Crippen LogP contribution in [0.2, 0.25) is 0 Å². The van der Waals surface area contributed by atoms with Crippen molar-refractivity contribution < 1.29 is 28.6 Å². The molecule has 0 aliphatic carbocycles. The third-order valence-corrected chi connectivity index (χ3v) is 13.8. The van der Waals surface area contributed by atoms with E-state index >= 15 is 0 Å². The summed E-state index contributed by atoms with van der Waals surface area (Å²) in [6.45, 7) is 6.44. The Kier molecular flexibility index (Phi) is 60.8. The Morgan fingerprint density at radius 1 is 0.276 bits per heavy atom. The lowest BCUT2D eigenvalue weighted by molar-refractivity contribution is -0.167. The van der Waals surface area contributed by atoms with Gasteiger partial charge in [-0.15, -0.1) is 0 Å². The van der Waals surface area contributed by atoms with Crippen molar-refractivity contribution in [2.75, 3.05) is 13.2 Å². The van der Waals surface area contributed by atoms with Crippen LogP contribution >= 0.6 is 0 Å². The number of hydrogen-bond donors (Lipinski definition) is 0. The van der Waals surface area contributed by atoms with Gasteiger partial charge in [0.05, 0.1) is 0 Å². The third-order valence-electron chi connectivity index (χ3n) is 13.8. The van der Waals surface area contributed by atoms with Crippen LogP contribution in [0.3, 0.4) is 0 Å². The molecule has 0 aliphatic heterocycles. The van der Waals surface area contributed by atoms with Gasteiger partial charge in [-0.05, 0) is 96.3 Å². The van der Waals surface area contributed by atoms with E-state index in [0.29, 0.717) is 19.3 Å². The standard InChI is InChI=1S/C70H120O6/c1-4-7-10-13-16-19-22-25-28-30-32-34-35-37-38-40-42-45-48-51-54-57-60-63-69(72)75-66-67(65-74-68(71)62-59-56-53-50-47-44-27-24-21-18-15-12-9-6-3)76-70(73)64-61-58-55-52-49-46-43-41-39-36-33-31-29-26-23-20-17-14-11-8-5-2/h7-8,10-11,16-17,19-20,25-26,28-29,32-34,36,67H,4-6,9,12-15,18,21-24,27,30-31,35,37-66H2,1-3H3/b10-7-,11-8-,19-16-,20-17-,28-25-,29-26-,34-32-,36-33-. The van der Waals surface area contributed by atoms with E-state index in [1.54, 1.807) is 0 Å². The van der Waals surface area contributed by atoms with Crippen LogP contribution in [0, 0.1) is 0 Å². The van der Waals surface area contributed by atoms with Crippen LogP contribution in [-0.4, -0.2) is 37.2 Å². The molecule has 6 nitrogen and oxygen atoms in total. The minimum atomic E-state index is -0.784. The fraction of sp³-hybridized carbons (Fsp3) is 0.729. The zero-order valence-corrected chi connectivity index (χ0v) is 50.0. The van der Waals surface area contributed by atoms with Crippen LogP contribution in [0.15, 0.2) is 97.2 Å². The monoisotopic (exact) mass is 1060 g/mol. The fourth-order valence-electron chi connectivity index (χ4n) is 9.07. The Labute approximate surface area is 470 Å². The Morgan fingerprint density at radius 3 is 0.803 bits per heavy atom. The number of carbonyl (C=O) groups is 3. The molecule has 0 amide bonds. The second kappa shape index (κ2) is 63.9. The molecule has 0 aromatic heterocycles. The van der Waals surface area contributed by atoms with E-state index in [1.165, 1.54) is 154 Å². The molecule has 0 bridgehead atoms. The van der Waals surface area contributed by atoms with E-state index in [4.69, 9.17) is 14.2 Å². The number of hydrogen-bond acceptors (Lipinski definition) is 6. The smallest absolute Gasteiger partial charge is 0.306 e. The third kappa shape index (κ3) is 61.2. The number of ether oxygens (including phenoxy) is 3. The molecular formula is C70H120O6. The van der Waals surface area contributed by atoms with Gasteiger partial charge in [-0.25, -0.2) is 0 Å². The lowest BCUT2D eigenvalue weighted by atomic mass is 10.0. The van der Waals surface area contributed by atoms with E-state index in [2.05, 4.69) is 118 Å². The molecule has 0 aliphatic rings. The average molecular weight is 1060 g/mol. The number of carbonyl (C=O) groups excluding carboxylic acids is 3. The molecule has 1 unspecified atom stereocenters. The molecule has 436 valence electrons. The summed E-state index contributed by atoms with van der Waals surface area (Å²) in [5.41, 5.74) is 0. The summed E-state index contributed by atoms with van der Waals surface area (Å²) in [7, 11) is 0. The molecule has 1 atom stereocenters. The first-order valence-electron chi connectivity index (χ1n) is 32.2. The Balaban J connectivity index is 4.36. The maximum Gasteiger partial charge on any atom is 0.306 e. The molecule has 0 saturated heterocycles. The van der Waals surface area contributed by atoms with Gasteiger partial charge in [-0.1, -0.05) is 291 Å². The minimum absolute atomic E-state index is 0.0793. The van der Waals surface area contributed by atoms with Crippen molar-refractivity contribution in [1.82, 2.24) is 0 Å². The molecule has 0 radical (unpaired) electrons. The summed E-state index contributed by atoms with van der Waals surface area (Å²) in [6, 6.07) is 0. The van der Waals surface area contributed by atoms with Gasteiger partial charge in [0.1, 0.15) is 13.2 Å². The number of esters is 3. The largest absolute Gasteiger partial charge is 0.462 e. The van der Waals surface area contributed by atoms with E-state index in [9.17, 15) is 14.4 Å². The highest BCUT2D eigenvalue weighted by molar-refractivity contribution is 5.71. The molecule has 0 aromatic rings. The average Bonchev–Trinajstić information content (AvgIpc) is 3.42. The number of unbranched alkanes of at least 4 members (excludes halogenated alkanes) is 31. The molecule has 0 rings (SSSR count). The van der Waals surface area contributed by atoms with Gasteiger partial charge in [-0.2, -0.15) is 0 Å². The summed E-state index contributed by atoms with van der Waals surface area (Å²) in [6.07, 6.45) is 85.5. The molecule has 76 heavy (non-hydrogen) atoms. The predicted octanol–water partition coefficient (Wildman–Crippen LogP) is 22.0. The van der Waals surface area contributed by atoms with E-state index < -0.39 is 6.10 Å². The molecule has 0 saturated carbocycles. The molecule has 0 heterocycles.